The van der Waals surface area contributed by atoms with E-state index in [2.05, 4.69) is 51.2 Å². The number of hydrogen-bond acceptors (Lipinski definition) is 2. The van der Waals surface area contributed by atoms with Crippen molar-refractivity contribution in [3.63, 3.8) is 0 Å². The summed E-state index contributed by atoms with van der Waals surface area (Å²) in [6, 6.07) is 6.75. The molecule has 110 valence electrons. The minimum Gasteiger partial charge on any atom is -0.487 e. The third-order valence-electron chi connectivity index (χ3n) is 4.91. The van der Waals surface area contributed by atoms with Gasteiger partial charge in [-0.2, -0.15) is 0 Å². The van der Waals surface area contributed by atoms with E-state index in [4.69, 9.17) is 4.74 Å². The van der Waals surface area contributed by atoms with Crippen LogP contribution in [0.15, 0.2) is 18.2 Å². The first kappa shape index (κ1) is 13.9. The van der Waals surface area contributed by atoms with E-state index in [0.717, 1.165) is 19.5 Å². The van der Waals surface area contributed by atoms with Crippen molar-refractivity contribution in [1.82, 2.24) is 5.32 Å². The van der Waals surface area contributed by atoms with E-state index in [9.17, 15) is 0 Å². The summed E-state index contributed by atoms with van der Waals surface area (Å²) in [4.78, 5) is 0. The second kappa shape index (κ2) is 5.07. The highest BCUT2D eigenvalue weighted by atomic mass is 16.5. The molecule has 0 amide bonds. The summed E-state index contributed by atoms with van der Waals surface area (Å²) in [6.45, 7) is 11.3. The maximum atomic E-state index is 6.29. The van der Waals surface area contributed by atoms with E-state index in [-0.39, 0.29) is 5.60 Å². The molecular weight excluding hydrogens is 246 g/mol. The number of piperidine rings is 1. The molecule has 2 aliphatic heterocycles. The molecule has 0 radical (unpaired) electrons. The van der Waals surface area contributed by atoms with Gasteiger partial charge in [0, 0.05) is 6.42 Å². The Bertz CT molecular complexity index is 492. The first-order valence-corrected chi connectivity index (χ1v) is 7.99. The monoisotopic (exact) mass is 273 g/mol. The highest BCUT2D eigenvalue weighted by Gasteiger charge is 2.36. The Hall–Kier alpha value is -1.02. The van der Waals surface area contributed by atoms with Gasteiger partial charge in [-0.05, 0) is 62.2 Å². The van der Waals surface area contributed by atoms with E-state index >= 15 is 0 Å². The average molecular weight is 273 g/mol. The zero-order chi connectivity index (χ0) is 14.3. The van der Waals surface area contributed by atoms with Gasteiger partial charge in [0.15, 0.2) is 0 Å². The molecule has 20 heavy (non-hydrogen) atoms. The maximum absolute atomic E-state index is 6.29. The van der Waals surface area contributed by atoms with Gasteiger partial charge in [0.1, 0.15) is 11.4 Å². The molecule has 2 atom stereocenters. The van der Waals surface area contributed by atoms with Gasteiger partial charge in [-0.3, -0.25) is 0 Å². The Morgan fingerprint density at radius 1 is 1.30 bits per heavy atom. The number of nitrogens with one attached hydrogen (secondary N) is 1. The molecule has 1 aromatic rings. The second-order valence-electron chi connectivity index (χ2n) is 7.38. The molecule has 1 N–H and O–H groups in total. The van der Waals surface area contributed by atoms with Crippen LogP contribution in [0.25, 0.3) is 0 Å². The SMILES string of the molecule is CC(C)C1CNCCC1c1cccc2c1OC(C)(C)C2. The highest BCUT2D eigenvalue weighted by molar-refractivity contribution is 5.48. The van der Waals surface area contributed by atoms with E-state index in [1.165, 1.54) is 23.3 Å². The van der Waals surface area contributed by atoms with E-state index in [1.54, 1.807) is 0 Å². The summed E-state index contributed by atoms with van der Waals surface area (Å²) in [5.74, 6) is 3.25. The molecule has 0 saturated carbocycles. The number of ether oxygens (including phenoxy) is 1. The number of rotatable bonds is 2. The maximum Gasteiger partial charge on any atom is 0.126 e. The van der Waals surface area contributed by atoms with Crippen molar-refractivity contribution in [3.8, 4) is 5.75 Å². The van der Waals surface area contributed by atoms with Crippen LogP contribution in [0.2, 0.25) is 0 Å². The molecular formula is C18H27NO. The third kappa shape index (κ3) is 2.46. The largest absolute Gasteiger partial charge is 0.487 e. The van der Waals surface area contributed by atoms with Gasteiger partial charge in [0.05, 0.1) is 0 Å². The predicted molar refractivity (Wildman–Crippen MR) is 83.4 cm³/mol. The van der Waals surface area contributed by atoms with Gasteiger partial charge in [-0.1, -0.05) is 32.0 Å². The van der Waals surface area contributed by atoms with Crippen molar-refractivity contribution in [2.45, 2.75) is 52.1 Å². The van der Waals surface area contributed by atoms with E-state index in [0.29, 0.717) is 17.8 Å². The molecule has 0 aliphatic carbocycles. The van der Waals surface area contributed by atoms with Crippen LogP contribution in [-0.4, -0.2) is 18.7 Å². The van der Waals surface area contributed by atoms with Gasteiger partial charge < -0.3 is 10.1 Å². The fourth-order valence-electron chi connectivity index (χ4n) is 3.90. The van der Waals surface area contributed by atoms with Crippen molar-refractivity contribution in [2.24, 2.45) is 11.8 Å². The van der Waals surface area contributed by atoms with Crippen molar-refractivity contribution in [2.75, 3.05) is 13.1 Å². The molecule has 0 bridgehead atoms. The first-order chi connectivity index (χ1) is 9.48. The normalized spacial score (nSPS) is 28.2. The van der Waals surface area contributed by atoms with Gasteiger partial charge in [-0.15, -0.1) is 0 Å². The highest BCUT2D eigenvalue weighted by Crippen LogP contribution is 2.45. The fourth-order valence-corrected chi connectivity index (χ4v) is 3.90. The lowest BCUT2D eigenvalue weighted by Gasteiger charge is -2.36. The molecule has 0 aromatic heterocycles. The molecule has 2 nitrogen and oxygen atoms in total. The number of hydrogen-bond donors (Lipinski definition) is 1. The molecule has 1 fully saturated rings. The molecule has 1 saturated heterocycles. The number of para-hydroxylation sites is 1. The Kier molecular flexibility index (Phi) is 3.53. The standard InChI is InChI=1S/C18H27NO/c1-12(2)16-11-19-9-8-14(16)15-7-5-6-13-10-18(3,4)20-17(13)15/h5-7,12,14,16,19H,8-11H2,1-4H3. The van der Waals surface area contributed by atoms with Crippen LogP contribution < -0.4 is 10.1 Å². The Morgan fingerprint density at radius 3 is 2.85 bits per heavy atom. The molecule has 3 rings (SSSR count). The lowest BCUT2D eigenvalue weighted by atomic mass is 9.75. The van der Waals surface area contributed by atoms with Gasteiger partial charge in [0.2, 0.25) is 0 Å². The molecule has 2 heterocycles. The van der Waals surface area contributed by atoms with Crippen LogP contribution in [0.5, 0.6) is 5.75 Å². The number of benzene rings is 1. The molecule has 2 heteroatoms. The topological polar surface area (TPSA) is 21.3 Å². The van der Waals surface area contributed by atoms with Gasteiger partial charge in [0.25, 0.3) is 0 Å². The van der Waals surface area contributed by atoms with Gasteiger partial charge in [-0.25, -0.2) is 0 Å². The van der Waals surface area contributed by atoms with Crippen LogP contribution in [0.4, 0.5) is 0 Å². The Morgan fingerprint density at radius 2 is 2.10 bits per heavy atom. The summed E-state index contributed by atoms with van der Waals surface area (Å²) in [6.07, 6.45) is 2.26. The Balaban J connectivity index is 1.97. The smallest absolute Gasteiger partial charge is 0.126 e. The average Bonchev–Trinajstić information content (AvgIpc) is 2.72. The lowest BCUT2D eigenvalue weighted by Crippen LogP contribution is -2.38. The van der Waals surface area contributed by atoms with Crippen LogP contribution in [-0.2, 0) is 6.42 Å². The first-order valence-electron chi connectivity index (χ1n) is 7.99. The summed E-state index contributed by atoms with van der Waals surface area (Å²) < 4.78 is 6.29. The zero-order valence-electron chi connectivity index (χ0n) is 13.2. The zero-order valence-corrected chi connectivity index (χ0v) is 13.2. The van der Waals surface area contributed by atoms with Crippen molar-refractivity contribution < 1.29 is 4.74 Å². The summed E-state index contributed by atoms with van der Waals surface area (Å²) in [5, 5.41) is 3.56. The second-order valence-corrected chi connectivity index (χ2v) is 7.38. The molecule has 2 aliphatic rings. The van der Waals surface area contributed by atoms with Crippen LogP contribution >= 0.6 is 0 Å². The fraction of sp³-hybridized carbons (Fsp3) is 0.667. The molecule has 1 aromatic carbocycles. The van der Waals surface area contributed by atoms with Crippen molar-refractivity contribution in [3.05, 3.63) is 29.3 Å². The van der Waals surface area contributed by atoms with Crippen LogP contribution in [0, 0.1) is 11.8 Å². The minimum absolute atomic E-state index is 0.0430. The minimum atomic E-state index is -0.0430. The Labute approximate surface area is 122 Å². The van der Waals surface area contributed by atoms with Crippen LogP contribution in [0.3, 0.4) is 0 Å². The van der Waals surface area contributed by atoms with Crippen LogP contribution in [0.1, 0.15) is 51.2 Å². The lowest BCUT2D eigenvalue weighted by molar-refractivity contribution is 0.134. The van der Waals surface area contributed by atoms with Crippen molar-refractivity contribution in [1.29, 1.82) is 0 Å². The third-order valence-corrected chi connectivity index (χ3v) is 4.91. The summed E-state index contributed by atoms with van der Waals surface area (Å²) in [7, 11) is 0. The summed E-state index contributed by atoms with van der Waals surface area (Å²) >= 11 is 0. The molecule has 2 unspecified atom stereocenters. The number of fused-ring (bicyclic) bond motifs is 1. The van der Waals surface area contributed by atoms with Crippen molar-refractivity contribution >= 4 is 0 Å². The van der Waals surface area contributed by atoms with E-state index in [1.807, 2.05) is 0 Å². The van der Waals surface area contributed by atoms with Gasteiger partial charge >= 0.3 is 0 Å². The van der Waals surface area contributed by atoms with E-state index < -0.39 is 0 Å². The quantitative estimate of drug-likeness (QED) is 0.886. The summed E-state index contributed by atoms with van der Waals surface area (Å²) in [5.41, 5.74) is 2.81. The predicted octanol–water partition coefficient (Wildman–Crippen LogP) is 3.75. The molecule has 0 spiro atoms.